The first-order valence-electron chi connectivity index (χ1n) is 9.44. The van der Waals surface area contributed by atoms with Crippen molar-refractivity contribution in [2.24, 2.45) is 11.7 Å². The van der Waals surface area contributed by atoms with Gasteiger partial charge in [-0.05, 0) is 68.0 Å². The summed E-state index contributed by atoms with van der Waals surface area (Å²) in [4.78, 5) is 14.0. The van der Waals surface area contributed by atoms with E-state index in [0.29, 0.717) is 22.3 Å². The second-order valence-corrected chi connectivity index (χ2v) is 7.72. The highest BCUT2D eigenvalue weighted by atomic mass is 35.5. The van der Waals surface area contributed by atoms with Crippen molar-refractivity contribution >= 4 is 28.9 Å². The zero-order valence-corrected chi connectivity index (χ0v) is 16.7. The highest BCUT2D eigenvalue weighted by molar-refractivity contribution is 6.33. The van der Waals surface area contributed by atoms with Crippen molar-refractivity contribution < 1.29 is 9.18 Å². The van der Waals surface area contributed by atoms with Gasteiger partial charge in [0.05, 0.1) is 10.7 Å². The molecule has 148 valence electrons. The average Bonchev–Trinajstić information content (AvgIpc) is 2.62. The number of rotatable bonds is 5. The lowest BCUT2D eigenvalue weighted by Crippen LogP contribution is -2.34. The summed E-state index contributed by atoms with van der Waals surface area (Å²) in [7, 11) is 0. The molecule has 0 unspecified atom stereocenters. The van der Waals surface area contributed by atoms with E-state index in [1.165, 1.54) is 12.1 Å². The van der Waals surface area contributed by atoms with E-state index in [0.717, 1.165) is 43.6 Å². The molecule has 6 heteroatoms. The molecule has 1 heterocycles. The molecule has 28 heavy (non-hydrogen) atoms. The Kier molecular flexibility index (Phi) is 6.57. The molecule has 3 N–H and O–H groups in total. The van der Waals surface area contributed by atoms with Gasteiger partial charge in [-0.25, -0.2) is 4.39 Å². The quantitative estimate of drug-likeness (QED) is 0.711. The summed E-state index contributed by atoms with van der Waals surface area (Å²) in [6, 6.07) is 12.4. The molecule has 2 aromatic carbocycles. The SMILES string of the molecule is C/C(N)=C/C(=O)Nc1ccc(N2CCC(Cc3cccc(F)c3)CC2)c(Cl)c1. The van der Waals surface area contributed by atoms with E-state index in [4.69, 9.17) is 17.3 Å². The number of amides is 1. The van der Waals surface area contributed by atoms with Crippen LogP contribution in [-0.4, -0.2) is 19.0 Å². The predicted octanol–water partition coefficient (Wildman–Crippen LogP) is 4.74. The number of hydrogen-bond donors (Lipinski definition) is 2. The molecule has 1 fully saturated rings. The molecular formula is C22H25ClFN3O. The number of carbonyl (C=O) groups is 1. The Balaban J connectivity index is 1.58. The molecule has 3 rings (SSSR count). The van der Waals surface area contributed by atoms with E-state index in [2.05, 4.69) is 10.2 Å². The normalized spacial score (nSPS) is 15.5. The molecule has 0 bridgehead atoms. The van der Waals surface area contributed by atoms with Crippen LogP contribution in [0, 0.1) is 11.7 Å². The number of allylic oxidation sites excluding steroid dienone is 1. The van der Waals surface area contributed by atoms with Gasteiger partial charge >= 0.3 is 0 Å². The number of carbonyl (C=O) groups excluding carboxylic acids is 1. The lowest BCUT2D eigenvalue weighted by atomic mass is 9.90. The largest absolute Gasteiger partial charge is 0.402 e. The fourth-order valence-electron chi connectivity index (χ4n) is 3.60. The zero-order valence-electron chi connectivity index (χ0n) is 15.9. The van der Waals surface area contributed by atoms with Gasteiger partial charge in [-0.15, -0.1) is 0 Å². The first kappa shape index (κ1) is 20.2. The van der Waals surface area contributed by atoms with Gasteiger partial charge in [0.25, 0.3) is 0 Å². The first-order valence-corrected chi connectivity index (χ1v) is 9.82. The Labute approximate surface area is 170 Å². The first-order chi connectivity index (χ1) is 13.4. The maximum Gasteiger partial charge on any atom is 0.250 e. The lowest BCUT2D eigenvalue weighted by molar-refractivity contribution is -0.111. The molecule has 1 aliphatic heterocycles. The third-order valence-corrected chi connectivity index (χ3v) is 5.25. The predicted molar refractivity (Wildman–Crippen MR) is 113 cm³/mol. The van der Waals surface area contributed by atoms with Gasteiger partial charge in [0.1, 0.15) is 5.82 Å². The average molecular weight is 402 g/mol. The van der Waals surface area contributed by atoms with Crippen molar-refractivity contribution in [1.82, 2.24) is 0 Å². The Morgan fingerprint density at radius 1 is 1.29 bits per heavy atom. The van der Waals surface area contributed by atoms with Crippen molar-refractivity contribution in [3.63, 3.8) is 0 Å². The molecule has 0 spiro atoms. The van der Waals surface area contributed by atoms with E-state index < -0.39 is 0 Å². The second kappa shape index (κ2) is 9.11. The number of piperidine rings is 1. The molecule has 1 aliphatic rings. The summed E-state index contributed by atoms with van der Waals surface area (Å²) in [5.74, 6) is 0.0923. The molecule has 1 amide bonds. The minimum atomic E-state index is -0.276. The van der Waals surface area contributed by atoms with Gasteiger partial charge in [0, 0.05) is 30.5 Å². The fourth-order valence-corrected chi connectivity index (χ4v) is 3.90. The van der Waals surface area contributed by atoms with Crippen LogP contribution in [0.4, 0.5) is 15.8 Å². The van der Waals surface area contributed by atoms with Gasteiger partial charge in [0.15, 0.2) is 0 Å². The Morgan fingerprint density at radius 2 is 2.04 bits per heavy atom. The summed E-state index contributed by atoms with van der Waals surface area (Å²) in [6.07, 6.45) is 4.31. The molecule has 0 radical (unpaired) electrons. The maximum atomic E-state index is 13.4. The minimum Gasteiger partial charge on any atom is -0.402 e. The van der Waals surface area contributed by atoms with Crippen LogP contribution in [0.25, 0.3) is 0 Å². The molecule has 4 nitrogen and oxygen atoms in total. The van der Waals surface area contributed by atoms with Crippen molar-refractivity contribution in [2.45, 2.75) is 26.2 Å². The molecule has 0 saturated carbocycles. The molecule has 0 atom stereocenters. The molecule has 0 aliphatic carbocycles. The summed E-state index contributed by atoms with van der Waals surface area (Å²) in [5.41, 5.74) is 8.62. The number of nitrogens with zero attached hydrogens (tertiary/aromatic N) is 1. The van der Waals surface area contributed by atoms with Gasteiger partial charge in [-0.1, -0.05) is 23.7 Å². The van der Waals surface area contributed by atoms with Crippen LogP contribution >= 0.6 is 11.6 Å². The molecule has 1 saturated heterocycles. The van der Waals surface area contributed by atoms with E-state index in [1.54, 1.807) is 25.1 Å². The Hall–Kier alpha value is -2.53. The maximum absolute atomic E-state index is 13.4. The smallest absolute Gasteiger partial charge is 0.250 e. The Bertz CT molecular complexity index is 872. The van der Waals surface area contributed by atoms with Crippen LogP contribution < -0.4 is 16.0 Å². The highest BCUT2D eigenvalue weighted by Crippen LogP contribution is 2.32. The second-order valence-electron chi connectivity index (χ2n) is 7.31. The van der Waals surface area contributed by atoms with Crippen molar-refractivity contribution in [1.29, 1.82) is 0 Å². The van der Waals surface area contributed by atoms with Crippen LogP contribution in [-0.2, 0) is 11.2 Å². The molecular weight excluding hydrogens is 377 g/mol. The topological polar surface area (TPSA) is 58.4 Å². The van der Waals surface area contributed by atoms with Crippen LogP contribution in [0.2, 0.25) is 5.02 Å². The zero-order chi connectivity index (χ0) is 20.1. The molecule has 0 aromatic heterocycles. The number of anilines is 2. The van der Waals surface area contributed by atoms with Crippen molar-refractivity contribution in [2.75, 3.05) is 23.3 Å². The van der Waals surface area contributed by atoms with Crippen molar-refractivity contribution in [3.8, 4) is 0 Å². The number of hydrogen-bond acceptors (Lipinski definition) is 3. The minimum absolute atomic E-state index is 0.175. The summed E-state index contributed by atoms with van der Waals surface area (Å²) < 4.78 is 13.4. The van der Waals surface area contributed by atoms with Crippen LogP contribution in [0.15, 0.2) is 54.2 Å². The van der Waals surface area contributed by atoms with E-state index in [1.807, 2.05) is 18.2 Å². The standard InChI is InChI=1S/C22H25ClFN3O/c1-15(25)11-22(28)26-19-5-6-21(20(23)14-19)27-9-7-16(8-10-27)12-17-3-2-4-18(24)13-17/h2-6,11,13-14,16H,7-10,12,25H2,1H3,(H,26,28)/b15-11-. The third kappa shape index (κ3) is 5.49. The highest BCUT2D eigenvalue weighted by Gasteiger charge is 2.21. The fraction of sp³-hybridized carbons (Fsp3) is 0.318. The van der Waals surface area contributed by atoms with Crippen LogP contribution in [0.3, 0.4) is 0 Å². The van der Waals surface area contributed by atoms with Gasteiger partial charge in [0.2, 0.25) is 5.91 Å². The summed E-state index contributed by atoms with van der Waals surface area (Å²) in [5, 5.41) is 3.36. The lowest BCUT2D eigenvalue weighted by Gasteiger charge is -2.34. The number of halogens is 2. The molecule has 2 aromatic rings. The van der Waals surface area contributed by atoms with E-state index in [-0.39, 0.29) is 11.7 Å². The Morgan fingerprint density at radius 3 is 2.68 bits per heavy atom. The summed E-state index contributed by atoms with van der Waals surface area (Å²) in [6.45, 7) is 3.47. The van der Waals surface area contributed by atoms with Gasteiger partial charge in [-0.3, -0.25) is 4.79 Å². The van der Waals surface area contributed by atoms with Crippen LogP contribution in [0.1, 0.15) is 25.3 Å². The van der Waals surface area contributed by atoms with Gasteiger partial charge < -0.3 is 16.0 Å². The van der Waals surface area contributed by atoms with E-state index in [9.17, 15) is 9.18 Å². The van der Waals surface area contributed by atoms with Crippen molar-refractivity contribution in [3.05, 3.63) is 70.6 Å². The van der Waals surface area contributed by atoms with Crippen LogP contribution in [0.5, 0.6) is 0 Å². The number of nitrogens with two attached hydrogens (primary N) is 1. The summed E-state index contributed by atoms with van der Waals surface area (Å²) >= 11 is 6.46. The van der Waals surface area contributed by atoms with Gasteiger partial charge in [-0.2, -0.15) is 0 Å². The third-order valence-electron chi connectivity index (χ3n) is 4.94. The number of benzene rings is 2. The number of nitrogens with one attached hydrogen (secondary N) is 1. The van der Waals surface area contributed by atoms with E-state index >= 15 is 0 Å². The monoisotopic (exact) mass is 401 g/mol.